The van der Waals surface area contributed by atoms with Crippen molar-refractivity contribution in [3.63, 3.8) is 0 Å². The van der Waals surface area contributed by atoms with Crippen molar-refractivity contribution in [2.24, 2.45) is 0 Å². The summed E-state index contributed by atoms with van der Waals surface area (Å²) in [6.07, 6.45) is -4.33. The molecule has 37 heavy (non-hydrogen) atoms. The van der Waals surface area contributed by atoms with Gasteiger partial charge in [-0.15, -0.1) is 28.9 Å². The molecular weight excluding hydrogens is 522 g/mol. The third-order valence-corrected chi connectivity index (χ3v) is 5.75. The zero-order chi connectivity index (χ0) is 26.8. The minimum atomic E-state index is -4.81. The fourth-order valence-electron chi connectivity index (χ4n) is 3.07. The number of aromatic nitrogens is 2. The van der Waals surface area contributed by atoms with Crippen molar-refractivity contribution in [3.8, 4) is 5.75 Å². The first kappa shape index (κ1) is 28.1. The van der Waals surface area contributed by atoms with Crippen molar-refractivity contribution in [1.82, 2.24) is 36.8 Å². The summed E-state index contributed by atoms with van der Waals surface area (Å²) in [6, 6.07) is 5.23. The number of ether oxygens (including phenoxy) is 2. The number of carbonyl (C=O) groups excluding carboxylic acids is 2. The highest BCUT2D eigenvalue weighted by Crippen LogP contribution is 2.23. The van der Waals surface area contributed by atoms with E-state index < -0.39 is 24.2 Å². The zero-order valence-electron chi connectivity index (χ0n) is 19.6. The second-order valence-corrected chi connectivity index (χ2v) is 8.76. The van der Waals surface area contributed by atoms with E-state index in [4.69, 9.17) is 4.74 Å². The van der Waals surface area contributed by atoms with Crippen LogP contribution in [0.1, 0.15) is 29.6 Å². The lowest BCUT2D eigenvalue weighted by molar-refractivity contribution is -0.274. The summed E-state index contributed by atoms with van der Waals surface area (Å²) < 4.78 is 60.3. The normalized spacial score (nSPS) is 14.1. The van der Waals surface area contributed by atoms with Crippen molar-refractivity contribution < 1.29 is 39.5 Å². The number of aryl methyl sites for hydroxylation is 1. The maximum absolute atomic E-state index is 14.5. The van der Waals surface area contributed by atoms with Gasteiger partial charge >= 0.3 is 6.36 Å². The molecule has 0 spiro atoms. The lowest BCUT2D eigenvalue weighted by atomic mass is 10.2. The Morgan fingerprint density at radius 1 is 1.24 bits per heavy atom. The van der Waals surface area contributed by atoms with Gasteiger partial charge in [-0.1, -0.05) is 23.5 Å². The fraction of sp³-hybridized carbons (Fsp3) is 0.429. The van der Waals surface area contributed by atoms with Gasteiger partial charge in [-0.3, -0.25) is 20.0 Å². The van der Waals surface area contributed by atoms with Crippen molar-refractivity contribution >= 4 is 23.2 Å². The zero-order valence-corrected chi connectivity index (χ0v) is 20.4. The van der Waals surface area contributed by atoms with Crippen LogP contribution in [-0.4, -0.2) is 66.4 Å². The van der Waals surface area contributed by atoms with Crippen LogP contribution in [0.25, 0.3) is 0 Å². The SMILES string of the molecule is COCCNC(=O)c1nnc(CCC(F)CN2C=C(C(=O)NCc3cccc(OC(F)(F)F)c3)NN2)s1.[HH].[HH]. The Hall–Kier alpha value is -3.50. The number of halogens is 4. The summed E-state index contributed by atoms with van der Waals surface area (Å²) in [4.78, 5) is 24.3. The van der Waals surface area contributed by atoms with Crippen LogP contribution < -0.4 is 26.3 Å². The van der Waals surface area contributed by atoms with Gasteiger partial charge < -0.3 is 20.1 Å². The maximum Gasteiger partial charge on any atom is 0.573 e. The maximum atomic E-state index is 14.5. The summed E-state index contributed by atoms with van der Waals surface area (Å²) in [5.41, 5.74) is 5.76. The second-order valence-electron chi connectivity index (χ2n) is 7.70. The molecule has 16 heteroatoms. The molecule has 0 bridgehead atoms. The number of amides is 2. The van der Waals surface area contributed by atoms with Gasteiger partial charge in [0, 0.05) is 35.7 Å². The van der Waals surface area contributed by atoms with E-state index in [0.29, 0.717) is 23.7 Å². The van der Waals surface area contributed by atoms with E-state index in [2.05, 4.69) is 36.5 Å². The molecule has 4 N–H and O–H groups in total. The molecule has 0 saturated carbocycles. The number of rotatable bonds is 13. The van der Waals surface area contributed by atoms with Crippen molar-refractivity contribution in [2.45, 2.75) is 31.9 Å². The van der Waals surface area contributed by atoms with Crippen LogP contribution in [0.5, 0.6) is 5.75 Å². The van der Waals surface area contributed by atoms with Gasteiger partial charge in [-0.25, -0.2) is 4.39 Å². The van der Waals surface area contributed by atoms with Gasteiger partial charge in [-0.2, -0.15) is 0 Å². The van der Waals surface area contributed by atoms with Gasteiger partial charge in [0.15, 0.2) is 0 Å². The molecule has 2 heterocycles. The number of alkyl halides is 4. The third kappa shape index (κ3) is 9.47. The molecule has 1 aliphatic rings. The van der Waals surface area contributed by atoms with Gasteiger partial charge in [-0.05, 0) is 24.1 Å². The highest BCUT2D eigenvalue weighted by Gasteiger charge is 2.31. The average molecular weight is 552 g/mol. The number of hydrogen-bond donors (Lipinski definition) is 4. The summed E-state index contributed by atoms with van der Waals surface area (Å²) >= 11 is 1.08. The quantitative estimate of drug-likeness (QED) is 0.218. The molecule has 1 aromatic heterocycles. The number of hydrogen-bond acceptors (Lipinski definition) is 10. The van der Waals surface area contributed by atoms with Crippen molar-refractivity contribution in [2.75, 3.05) is 26.8 Å². The molecule has 1 aliphatic heterocycles. The monoisotopic (exact) mass is 551 g/mol. The standard InChI is InChI=1S/C21H25F4N7O4S.2H2/c1-35-8-7-26-19(34)20-30-29-17(37-20)6-5-14(22)11-32-12-16(28-31-32)18(33)27-10-13-3-2-4-15(9-13)36-21(23,24)25;;/h2-4,9,12,14,28,31H,5-8,10-11H2,1H3,(H,26,34)(H,27,33);2*1H. The summed E-state index contributed by atoms with van der Waals surface area (Å²) in [7, 11) is 1.52. The molecular formula is C21H29F4N7O4S. The fourth-order valence-corrected chi connectivity index (χ4v) is 3.84. The molecule has 0 fully saturated rings. The number of hydrazine groups is 2. The molecule has 1 unspecified atom stereocenters. The minimum Gasteiger partial charge on any atom is -0.406 e. The van der Waals surface area contributed by atoms with E-state index in [1.54, 1.807) is 0 Å². The molecule has 0 radical (unpaired) electrons. The van der Waals surface area contributed by atoms with Crippen LogP contribution in [0.15, 0.2) is 36.2 Å². The van der Waals surface area contributed by atoms with Crippen LogP contribution in [-0.2, 0) is 22.5 Å². The van der Waals surface area contributed by atoms with E-state index in [9.17, 15) is 27.2 Å². The number of benzene rings is 1. The molecule has 0 saturated heterocycles. The molecule has 11 nitrogen and oxygen atoms in total. The molecule has 3 rings (SSSR count). The van der Waals surface area contributed by atoms with Gasteiger partial charge in [0.05, 0.1) is 13.2 Å². The van der Waals surface area contributed by atoms with Gasteiger partial charge in [0.2, 0.25) is 5.01 Å². The molecule has 0 aliphatic carbocycles. The predicted molar refractivity (Wildman–Crippen MR) is 128 cm³/mol. The molecule has 2 amide bonds. The van der Waals surface area contributed by atoms with E-state index >= 15 is 0 Å². The molecule has 1 atom stereocenters. The molecule has 1 aromatic carbocycles. The molecule has 2 aromatic rings. The summed E-state index contributed by atoms with van der Waals surface area (Å²) in [6.45, 7) is 0.578. The Balaban J connectivity index is 0.00000380. The van der Waals surface area contributed by atoms with E-state index in [-0.39, 0.29) is 45.4 Å². The van der Waals surface area contributed by atoms with E-state index in [0.717, 1.165) is 23.5 Å². The van der Waals surface area contributed by atoms with Crippen LogP contribution in [0.2, 0.25) is 0 Å². The van der Waals surface area contributed by atoms with Crippen LogP contribution in [0.3, 0.4) is 0 Å². The first-order chi connectivity index (χ1) is 17.6. The first-order valence-electron chi connectivity index (χ1n) is 11.0. The lowest BCUT2D eigenvalue weighted by Crippen LogP contribution is -2.41. The number of carbonyl (C=O) groups is 2. The van der Waals surface area contributed by atoms with E-state index in [1.165, 1.54) is 30.5 Å². The Labute approximate surface area is 216 Å². The Morgan fingerprint density at radius 3 is 2.81 bits per heavy atom. The highest BCUT2D eigenvalue weighted by molar-refractivity contribution is 7.13. The Morgan fingerprint density at radius 2 is 2.05 bits per heavy atom. The van der Waals surface area contributed by atoms with E-state index in [1.807, 2.05) is 0 Å². The average Bonchev–Trinajstić information content (AvgIpc) is 3.50. The van der Waals surface area contributed by atoms with Crippen LogP contribution >= 0.6 is 11.3 Å². The lowest BCUT2D eigenvalue weighted by Gasteiger charge is -2.17. The summed E-state index contributed by atoms with van der Waals surface area (Å²) in [5.74, 6) is -1.31. The molecule has 206 valence electrons. The number of nitrogens with one attached hydrogen (secondary N) is 4. The van der Waals surface area contributed by atoms with Crippen molar-refractivity contribution in [1.29, 1.82) is 0 Å². The highest BCUT2D eigenvalue weighted by atomic mass is 32.1. The Kier molecular flexibility index (Phi) is 9.99. The van der Waals surface area contributed by atoms with Gasteiger partial charge in [0.1, 0.15) is 22.6 Å². The number of methoxy groups -OCH3 is 1. The predicted octanol–water partition coefficient (Wildman–Crippen LogP) is 2.06. The van der Waals surface area contributed by atoms with Crippen LogP contribution in [0.4, 0.5) is 17.6 Å². The third-order valence-electron chi connectivity index (χ3n) is 4.77. The first-order valence-corrected chi connectivity index (χ1v) is 11.8. The summed E-state index contributed by atoms with van der Waals surface area (Å²) in [5, 5.41) is 15.0. The minimum absolute atomic E-state index is 0. The second kappa shape index (κ2) is 13.2. The smallest absolute Gasteiger partial charge is 0.406 e. The van der Waals surface area contributed by atoms with Crippen molar-refractivity contribution in [3.05, 3.63) is 51.7 Å². The van der Waals surface area contributed by atoms with Gasteiger partial charge in [0.25, 0.3) is 11.8 Å². The van der Waals surface area contributed by atoms with Crippen LogP contribution in [0, 0.1) is 0 Å². The largest absolute Gasteiger partial charge is 0.573 e. The Bertz CT molecular complexity index is 1110. The number of nitrogens with zero attached hydrogens (tertiary/aromatic N) is 3. The topological polar surface area (TPSA) is 130 Å².